The largest absolute Gasteiger partial charge is 0.472 e. The van der Waals surface area contributed by atoms with Crippen molar-refractivity contribution >= 4 is 19.8 Å². The second kappa shape index (κ2) is 33.6. The van der Waals surface area contributed by atoms with E-state index in [2.05, 4.69) is 62.5 Å². The number of carbonyl (C=O) groups excluding carboxylic acids is 2. The number of phosphoric ester groups is 1. The van der Waals surface area contributed by atoms with E-state index in [0.29, 0.717) is 6.42 Å². The number of phosphoric acid groups is 1. The topological polar surface area (TPSA) is 134 Å². The van der Waals surface area contributed by atoms with Crippen LogP contribution in [-0.4, -0.2) is 49.3 Å². The zero-order valence-electron chi connectivity index (χ0n) is 29.2. The minimum absolute atomic E-state index is 0.0402. The molecule has 0 aliphatic heterocycles. The molecule has 2 atom stereocenters. The molecule has 0 saturated heterocycles. The van der Waals surface area contributed by atoms with Gasteiger partial charge >= 0.3 is 19.8 Å². The molecule has 270 valence electrons. The molecule has 0 rings (SSSR count). The lowest BCUT2D eigenvalue weighted by Gasteiger charge is -2.19. The Balaban J connectivity index is 4.37. The van der Waals surface area contributed by atoms with Crippen molar-refractivity contribution in [3.63, 3.8) is 0 Å². The fourth-order valence-electron chi connectivity index (χ4n) is 4.26. The standard InChI is InChI=1S/C37H64NO8P/c1-3-5-7-9-11-12-13-14-15-16-17-18-19-20-21-22-24-26-28-30-37(40)46-35(34-45-47(41,42)44-32-31-38)33-43-36(39)29-27-25-23-10-8-6-4-2/h11-12,14-15,17-18,20-21,24,26,35H,3-10,13,16,19,22-23,25,27-34,38H2,1-2H3,(H,41,42)/b12-11+,15-14+,18-17+,21-20+,26-24+/t35-/m1/s1. The van der Waals surface area contributed by atoms with Crippen LogP contribution in [0.25, 0.3) is 0 Å². The molecule has 0 bridgehead atoms. The molecule has 0 aromatic heterocycles. The van der Waals surface area contributed by atoms with Gasteiger partial charge in [0.05, 0.1) is 13.2 Å². The van der Waals surface area contributed by atoms with E-state index in [9.17, 15) is 19.0 Å². The van der Waals surface area contributed by atoms with Gasteiger partial charge in [-0.1, -0.05) is 126 Å². The molecule has 0 aromatic carbocycles. The molecule has 0 aromatic rings. The molecule has 0 amide bonds. The SMILES string of the molecule is CCCCC/C=C/C/C=C/C/C=C/C/C=C/C/C=C/CCC(=O)O[C@H](COC(=O)CCCCCCCCC)COP(=O)(O)OCCN. The summed E-state index contributed by atoms with van der Waals surface area (Å²) in [5.41, 5.74) is 5.31. The fourth-order valence-corrected chi connectivity index (χ4v) is 5.03. The van der Waals surface area contributed by atoms with E-state index in [1.165, 1.54) is 44.9 Å². The van der Waals surface area contributed by atoms with Crippen LogP contribution in [0.1, 0.15) is 129 Å². The summed E-state index contributed by atoms with van der Waals surface area (Å²) in [5.74, 6) is -0.939. The first-order valence-electron chi connectivity index (χ1n) is 17.8. The molecule has 10 heteroatoms. The van der Waals surface area contributed by atoms with Crippen molar-refractivity contribution < 1.29 is 37.6 Å². The Kier molecular flexibility index (Phi) is 32.0. The summed E-state index contributed by atoms with van der Waals surface area (Å²) in [6.07, 6.45) is 37.2. The molecule has 0 aliphatic rings. The summed E-state index contributed by atoms with van der Waals surface area (Å²) >= 11 is 0. The summed E-state index contributed by atoms with van der Waals surface area (Å²) in [6, 6.07) is 0. The quantitative estimate of drug-likeness (QED) is 0.0308. The summed E-state index contributed by atoms with van der Waals surface area (Å²) in [6.45, 7) is 3.53. The second-order valence-electron chi connectivity index (χ2n) is 11.4. The van der Waals surface area contributed by atoms with Gasteiger partial charge in [0.25, 0.3) is 0 Å². The van der Waals surface area contributed by atoms with E-state index in [0.717, 1.165) is 51.4 Å². The number of esters is 2. The molecule has 0 fully saturated rings. The van der Waals surface area contributed by atoms with Gasteiger partial charge in [-0.3, -0.25) is 18.6 Å². The Labute approximate surface area is 285 Å². The average molecular weight is 682 g/mol. The molecule has 1 unspecified atom stereocenters. The highest BCUT2D eigenvalue weighted by Gasteiger charge is 2.25. The van der Waals surface area contributed by atoms with Gasteiger partial charge in [-0.05, 0) is 51.4 Å². The minimum atomic E-state index is -4.38. The number of rotatable bonds is 32. The molecular formula is C37H64NO8P. The maximum Gasteiger partial charge on any atom is 0.472 e. The maximum absolute atomic E-state index is 12.4. The number of nitrogens with two attached hydrogens (primary N) is 1. The highest BCUT2D eigenvalue weighted by atomic mass is 31.2. The van der Waals surface area contributed by atoms with E-state index >= 15 is 0 Å². The third-order valence-corrected chi connectivity index (χ3v) is 7.90. The van der Waals surface area contributed by atoms with Gasteiger partial charge in [-0.2, -0.15) is 0 Å². The lowest BCUT2D eigenvalue weighted by Crippen LogP contribution is -2.29. The predicted octanol–water partition coefficient (Wildman–Crippen LogP) is 9.38. The van der Waals surface area contributed by atoms with Crippen LogP contribution in [0.4, 0.5) is 0 Å². The van der Waals surface area contributed by atoms with Gasteiger partial charge in [0.15, 0.2) is 6.10 Å². The number of allylic oxidation sites excluding steroid dienone is 10. The Hall–Kier alpha value is -2.29. The second-order valence-corrected chi connectivity index (χ2v) is 12.8. The summed E-state index contributed by atoms with van der Waals surface area (Å²) in [4.78, 5) is 34.4. The lowest BCUT2D eigenvalue weighted by atomic mass is 10.1. The number of carbonyl (C=O) groups is 2. The molecule has 0 heterocycles. The first-order valence-corrected chi connectivity index (χ1v) is 19.3. The van der Waals surface area contributed by atoms with Crippen LogP contribution in [-0.2, 0) is 32.7 Å². The number of unbranched alkanes of at least 4 members (excludes halogenated alkanes) is 9. The monoisotopic (exact) mass is 681 g/mol. The fraction of sp³-hybridized carbons (Fsp3) is 0.676. The summed E-state index contributed by atoms with van der Waals surface area (Å²) in [7, 11) is -4.38. The van der Waals surface area contributed by atoms with Crippen LogP contribution in [0.2, 0.25) is 0 Å². The Morgan fingerprint density at radius 2 is 1.15 bits per heavy atom. The number of hydrogen-bond donors (Lipinski definition) is 2. The summed E-state index contributed by atoms with van der Waals surface area (Å²) < 4.78 is 32.4. The Morgan fingerprint density at radius 1 is 0.638 bits per heavy atom. The van der Waals surface area contributed by atoms with E-state index in [4.69, 9.17) is 24.3 Å². The van der Waals surface area contributed by atoms with Crippen molar-refractivity contribution in [1.82, 2.24) is 0 Å². The Bertz CT molecular complexity index is 960. The molecule has 47 heavy (non-hydrogen) atoms. The molecule has 0 aliphatic carbocycles. The molecule has 3 N–H and O–H groups in total. The van der Waals surface area contributed by atoms with Crippen LogP contribution >= 0.6 is 7.82 Å². The van der Waals surface area contributed by atoms with E-state index in [1.54, 1.807) is 0 Å². The molecule has 0 saturated carbocycles. The number of ether oxygens (including phenoxy) is 2. The third kappa shape index (κ3) is 33.4. The van der Waals surface area contributed by atoms with Gasteiger partial charge in [-0.25, -0.2) is 4.57 Å². The zero-order valence-corrected chi connectivity index (χ0v) is 30.1. The van der Waals surface area contributed by atoms with Gasteiger partial charge in [-0.15, -0.1) is 0 Å². The molecule has 9 nitrogen and oxygen atoms in total. The number of hydrogen-bond acceptors (Lipinski definition) is 8. The first kappa shape index (κ1) is 44.7. The minimum Gasteiger partial charge on any atom is -0.462 e. The van der Waals surface area contributed by atoms with E-state index in [-0.39, 0.29) is 32.6 Å². The van der Waals surface area contributed by atoms with Crippen molar-refractivity contribution in [2.45, 2.75) is 136 Å². The van der Waals surface area contributed by atoms with Crippen molar-refractivity contribution in [1.29, 1.82) is 0 Å². The average Bonchev–Trinajstić information content (AvgIpc) is 3.05. The van der Waals surface area contributed by atoms with Crippen LogP contribution < -0.4 is 5.73 Å². The van der Waals surface area contributed by atoms with Crippen LogP contribution in [0.15, 0.2) is 60.8 Å². The van der Waals surface area contributed by atoms with E-state index in [1.807, 2.05) is 12.2 Å². The van der Waals surface area contributed by atoms with Crippen LogP contribution in [0.3, 0.4) is 0 Å². The zero-order chi connectivity index (χ0) is 34.7. The van der Waals surface area contributed by atoms with Gasteiger partial charge in [0, 0.05) is 19.4 Å². The van der Waals surface area contributed by atoms with Crippen molar-refractivity contribution in [3.05, 3.63) is 60.8 Å². The summed E-state index contributed by atoms with van der Waals surface area (Å²) in [5, 5.41) is 0. The predicted molar refractivity (Wildman–Crippen MR) is 192 cm³/mol. The maximum atomic E-state index is 12.4. The smallest absolute Gasteiger partial charge is 0.462 e. The van der Waals surface area contributed by atoms with Crippen LogP contribution in [0.5, 0.6) is 0 Å². The first-order chi connectivity index (χ1) is 22.8. The van der Waals surface area contributed by atoms with Crippen LogP contribution in [0, 0.1) is 0 Å². The van der Waals surface area contributed by atoms with Crippen molar-refractivity contribution in [2.75, 3.05) is 26.4 Å². The van der Waals surface area contributed by atoms with Gasteiger partial charge in [0.1, 0.15) is 6.61 Å². The molecule has 0 radical (unpaired) electrons. The van der Waals surface area contributed by atoms with Crippen molar-refractivity contribution in [3.8, 4) is 0 Å². The normalized spacial score (nSPS) is 14.2. The third-order valence-electron chi connectivity index (χ3n) is 6.92. The molecular weight excluding hydrogens is 617 g/mol. The highest BCUT2D eigenvalue weighted by Crippen LogP contribution is 2.43. The Morgan fingerprint density at radius 3 is 1.72 bits per heavy atom. The lowest BCUT2D eigenvalue weighted by molar-refractivity contribution is -0.161. The molecule has 0 spiro atoms. The van der Waals surface area contributed by atoms with E-state index < -0.39 is 32.5 Å². The van der Waals surface area contributed by atoms with Gasteiger partial charge < -0.3 is 20.1 Å². The highest BCUT2D eigenvalue weighted by molar-refractivity contribution is 7.47. The van der Waals surface area contributed by atoms with Gasteiger partial charge in [0.2, 0.25) is 0 Å². The van der Waals surface area contributed by atoms with Crippen molar-refractivity contribution in [2.24, 2.45) is 5.73 Å².